The highest BCUT2D eigenvalue weighted by Crippen LogP contribution is 2.28. The number of fused-ring (bicyclic) bond motifs is 1. The van der Waals surface area contributed by atoms with Gasteiger partial charge in [0.25, 0.3) is 5.91 Å². The van der Waals surface area contributed by atoms with Crippen LogP contribution in [0.5, 0.6) is 0 Å². The lowest BCUT2D eigenvalue weighted by Gasteiger charge is -2.30. The average Bonchev–Trinajstić information content (AvgIpc) is 2.65. The van der Waals surface area contributed by atoms with E-state index >= 15 is 0 Å². The summed E-state index contributed by atoms with van der Waals surface area (Å²) >= 11 is 2.13. The van der Waals surface area contributed by atoms with Crippen molar-refractivity contribution >= 4 is 34.5 Å². The molecule has 0 saturated heterocycles. The number of hydrogen-bond acceptors (Lipinski definition) is 2. The summed E-state index contributed by atoms with van der Waals surface area (Å²) in [5.41, 5.74) is 0.547. The van der Waals surface area contributed by atoms with Crippen LogP contribution >= 0.6 is 22.6 Å². The molecule has 2 atom stereocenters. The smallest absolute Gasteiger partial charge is 0.308 e. The molecule has 2 rings (SSSR count). The molecular formula is C11H13IN2O3. The van der Waals surface area contributed by atoms with Crippen LogP contribution in [0.1, 0.15) is 29.9 Å². The molecule has 0 fully saturated rings. The van der Waals surface area contributed by atoms with E-state index in [4.69, 9.17) is 0 Å². The second kappa shape index (κ2) is 4.67. The first-order valence-corrected chi connectivity index (χ1v) is 6.50. The number of hydrogen-bond donors (Lipinski definition) is 2. The van der Waals surface area contributed by atoms with Crippen molar-refractivity contribution in [2.45, 2.75) is 19.4 Å². The lowest BCUT2D eigenvalue weighted by Crippen LogP contribution is -2.43. The van der Waals surface area contributed by atoms with Gasteiger partial charge in [0.15, 0.2) is 0 Å². The number of aliphatic carboxylic acids is 1. The maximum atomic E-state index is 11.6. The fourth-order valence-electron chi connectivity index (χ4n) is 2.24. The zero-order valence-corrected chi connectivity index (χ0v) is 11.5. The molecule has 0 spiro atoms. The number of nitrogens with one attached hydrogen (secondary N) is 1. The van der Waals surface area contributed by atoms with Crippen molar-refractivity contribution in [1.82, 2.24) is 9.88 Å². The number of carbonyl (C=O) groups excluding carboxylic acids is 1. The summed E-state index contributed by atoms with van der Waals surface area (Å²) in [4.78, 5) is 22.8. The van der Waals surface area contributed by atoms with Gasteiger partial charge in [-0.1, -0.05) is 6.92 Å². The quantitative estimate of drug-likeness (QED) is 0.813. The number of carboxylic acid groups (broad SMARTS) is 1. The Morgan fingerprint density at radius 3 is 3.06 bits per heavy atom. The molecule has 1 amide bonds. The van der Waals surface area contributed by atoms with Crippen LogP contribution in [0, 0.1) is 9.49 Å². The van der Waals surface area contributed by atoms with Crippen molar-refractivity contribution < 1.29 is 14.7 Å². The second-order valence-corrected chi connectivity index (χ2v) is 5.33. The molecule has 0 aliphatic carbocycles. The number of carbonyl (C=O) groups is 2. The van der Waals surface area contributed by atoms with Crippen molar-refractivity contribution in [2.24, 2.45) is 5.92 Å². The van der Waals surface area contributed by atoms with Crippen LogP contribution < -0.4 is 5.32 Å². The molecule has 92 valence electrons. The van der Waals surface area contributed by atoms with Crippen LogP contribution in [0.3, 0.4) is 0 Å². The van der Waals surface area contributed by atoms with Gasteiger partial charge in [0.1, 0.15) is 5.69 Å². The summed E-state index contributed by atoms with van der Waals surface area (Å²) in [6.07, 6.45) is 2.38. The summed E-state index contributed by atoms with van der Waals surface area (Å²) in [6.45, 7) is 2.23. The SMILES string of the molecule is CCC(C(=O)O)C1CNC(=O)c2cc(I)cn21. The Labute approximate surface area is 112 Å². The fraction of sp³-hybridized carbons (Fsp3) is 0.455. The Morgan fingerprint density at radius 1 is 1.76 bits per heavy atom. The molecule has 6 heteroatoms. The largest absolute Gasteiger partial charge is 0.481 e. The first kappa shape index (κ1) is 12.4. The van der Waals surface area contributed by atoms with Crippen LogP contribution in [-0.2, 0) is 4.79 Å². The molecule has 2 unspecified atom stereocenters. The molecule has 1 aliphatic heterocycles. The predicted octanol–water partition coefficient (Wildman–Crippen LogP) is 1.49. The van der Waals surface area contributed by atoms with E-state index in [2.05, 4.69) is 27.9 Å². The van der Waals surface area contributed by atoms with E-state index in [0.717, 1.165) is 3.57 Å². The van der Waals surface area contributed by atoms with Gasteiger partial charge in [-0.05, 0) is 35.1 Å². The molecule has 1 aromatic rings. The highest BCUT2D eigenvalue weighted by Gasteiger charge is 2.33. The lowest BCUT2D eigenvalue weighted by molar-refractivity contribution is -0.143. The Bertz CT molecular complexity index is 469. The van der Waals surface area contributed by atoms with E-state index in [-0.39, 0.29) is 11.9 Å². The van der Waals surface area contributed by atoms with Gasteiger partial charge in [0, 0.05) is 16.3 Å². The average molecular weight is 348 g/mol. The first-order chi connectivity index (χ1) is 8.04. The van der Waals surface area contributed by atoms with Crippen molar-refractivity contribution in [1.29, 1.82) is 0 Å². The number of rotatable bonds is 3. The monoisotopic (exact) mass is 348 g/mol. The number of nitrogens with zero attached hydrogens (tertiary/aromatic N) is 1. The summed E-state index contributed by atoms with van der Waals surface area (Å²) in [5, 5.41) is 11.9. The van der Waals surface area contributed by atoms with E-state index in [1.807, 2.05) is 13.1 Å². The van der Waals surface area contributed by atoms with Crippen molar-refractivity contribution in [3.63, 3.8) is 0 Å². The van der Waals surface area contributed by atoms with Crippen LogP contribution in [0.4, 0.5) is 0 Å². The van der Waals surface area contributed by atoms with Gasteiger partial charge >= 0.3 is 5.97 Å². The van der Waals surface area contributed by atoms with Crippen molar-refractivity contribution in [3.05, 3.63) is 21.5 Å². The number of amides is 1. The Hall–Kier alpha value is -1.05. The topological polar surface area (TPSA) is 71.3 Å². The molecule has 1 aromatic heterocycles. The van der Waals surface area contributed by atoms with E-state index in [1.165, 1.54) is 0 Å². The standard InChI is InChI=1S/C11H13IN2O3/c1-2-7(11(16)17)9-4-13-10(15)8-3-6(12)5-14(8)9/h3,5,7,9H,2,4H2,1H3,(H,13,15)(H,16,17). The predicted molar refractivity (Wildman–Crippen MR) is 69.9 cm³/mol. The minimum absolute atomic E-state index is 0.135. The van der Waals surface area contributed by atoms with Crippen LogP contribution in [0.25, 0.3) is 0 Å². The molecule has 17 heavy (non-hydrogen) atoms. The van der Waals surface area contributed by atoms with E-state index in [9.17, 15) is 14.7 Å². The zero-order valence-electron chi connectivity index (χ0n) is 9.31. The van der Waals surface area contributed by atoms with Crippen LogP contribution in [0.15, 0.2) is 12.3 Å². The first-order valence-electron chi connectivity index (χ1n) is 5.43. The van der Waals surface area contributed by atoms with Crippen molar-refractivity contribution in [3.8, 4) is 0 Å². The van der Waals surface area contributed by atoms with Gasteiger partial charge < -0.3 is 15.0 Å². The van der Waals surface area contributed by atoms with Gasteiger partial charge in [0.05, 0.1) is 12.0 Å². The van der Waals surface area contributed by atoms with Crippen LogP contribution in [-0.4, -0.2) is 28.1 Å². The maximum absolute atomic E-state index is 11.6. The Balaban J connectivity index is 2.41. The minimum atomic E-state index is -0.816. The van der Waals surface area contributed by atoms with Gasteiger partial charge in [-0.2, -0.15) is 0 Å². The third kappa shape index (κ3) is 2.18. The minimum Gasteiger partial charge on any atom is -0.481 e. The molecule has 5 nitrogen and oxygen atoms in total. The summed E-state index contributed by atoms with van der Waals surface area (Å²) in [7, 11) is 0. The van der Waals surface area contributed by atoms with E-state index in [0.29, 0.717) is 18.7 Å². The lowest BCUT2D eigenvalue weighted by atomic mass is 9.95. The highest BCUT2D eigenvalue weighted by atomic mass is 127. The molecule has 0 aromatic carbocycles. The zero-order chi connectivity index (χ0) is 12.6. The Kier molecular flexibility index (Phi) is 3.41. The normalized spacial score (nSPS) is 20.6. The summed E-state index contributed by atoms with van der Waals surface area (Å²) < 4.78 is 2.74. The van der Waals surface area contributed by atoms with Gasteiger partial charge in [0.2, 0.25) is 0 Å². The third-order valence-corrected chi connectivity index (χ3v) is 3.69. The van der Waals surface area contributed by atoms with E-state index < -0.39 is 11.9 Å². The van der Waals surface area contributed by atoms with Gasteiger partial charge in [-0.25, -0.2) is 0 Å². The molecule has 2 heterocycles. The number of aromatic nitrogens is 1. The number of halogens is 1. The third-order valence-electron chi connectivity index (χ3n) is 3.10. The molecule has 0 saturated carbocycles. The molecule has 0 radical (unpaired) electrons. The molecule has 0 bridgehead atoms. The maximum Gasteiger partial charge on any atom is 0.308 e. The van der Waals surface area contributed by atoms with E-state index in [1.54, 1.807) is 10.6 Å². The van der Waals surface area contributed by atoms with Crippen LogP contribution in [0.2, 0.25) is 0 Å². The molecule has 2 N–H and O–H groups in total. The van der Waals surface area contributed by atoms with Gasteiger partial charge in [-0.3, -0.25) is 9.59 Å². The second-order valence-electron chi connectivity index (χ2n) is 4.08. The summed E-state index contributed by atoms with van der Waals surface area (Å²) in [5.74, 6) is -1.43. The highest BCUT2D eigenvalue weighted by molar-refractivity contribution is 14.1. The number of carboxylic acids is 1. The molecular weight excluding hydrogens is 335 g/mol. The molecule has 1 aliphatic rings. The van der Waals surface area contributed by atoms with Gasteiger partial charge in [-0.15, -0.1) is 0 Å². The van der Waals surface area contributed by atoms with Crippen molar-refractivity contribution in [2.75, 3.05) is 6.54 Å². The Morgan fingerprint density at radius 2 is 2.47 bits per heavy atom. The summed E-state index contributed by atoms with van der Waals surface area (Å²) in [6, 6.07) is 1.57. The fourth-order valence-corrected chi connectivity index (χ4v) is 2.83.